The van der Waals surface area contributed by atoms with E-state index in [0.717, 1.165) is 17.7 Å². The molecule has 74 valence electrons. The van der Waals surface area contributed by atoms with Gasteiger partial charge in [0.25, 0.3) is 0 Å². The monoisotopic (exact) mass is 191 g/mol. The number of benzene rings is 1. The lowest BCUT2D eigenvalue weighted by atomic mass is 10.0. The molecule has 0 saturated heterocycles. The standard InChI is InChI=1S/C11H13NO2/c1-8(13)12-10-5-3-2-4-9(10)6-7-11(12)14/h2-5,11,14H,6-7H2,1H3. The zero-order valence-corrected chi connectivity index (χ0v) is 8.10. The second-order valence-electron chi connectivity index (χ2n) is 3.54. The zero-order chi connectivity index (χ0) is 10.1. The van der Waals surface area contributed by atoms with Crippen LogP contribution in [0.3, 0.4) is 0 Å². The van der Waals surface area contributed by atoms with Crippen LogP contribution in [-0.4, -0.2) is 17.2 Å². The van der Waals surface area contributed by atoms with Crippen LogP contribution >= 0.6 is 0 Å². The van der Waals surface area contributed by atoms with E-state index in [1.165, 1.54) is 11.8 Å². The van der Waals surface area contributed by atoms with E-state index in [2.05, 4.69) is 0 Å². The van der Waals surface area contributed by atoms with Crippen molar-refractivity contribution in [2.45, 2.75) is 26.0 Å². The summed E-state index contributed by atoms with van der Waals surface area (Å²) in [5, 5.41) is 9.69. The smallest absolute Gasteiger partial charge is 0.225 e. The van der Waals surface area contributed by atoms with Crippen molar-refractivity contribution in [2.24, 2.45) is 0 Å². The summed E-state index contributed by atoms with van der Waals surface area (Å²) >= 11 is 0. The Morgan fingerprint density at radius 1 is 1.50 bits per heavy atom. The molecule has 1 aliphatic heterocycles. The predicted molar refractivity (Wildman–Crippen MR) is 53.9 cm³/mol. The molecule has 0 aromatic heterocycles. The molecule has 0 spiro atoms. The molecule has 1 atom stereocenters. The molecule has 0 saturated carbocycles. The second-order valence-corrected chi connectivity index (χ2v) is 3.54. The highest BCUT2D eigenvalue weighted by Crippen LogP contribution is 2.29. The molecule has 1 aromatic carbocycles. The highest BCUT2D eigenvalue weighted by molar-refractivity contribution is 5.93. The van der Waals surface area contributed by atoms with Crippen molar-refractivity contribution in [3.63, 3.8) is 0 Å². The van der Waals surface area contributed by atoms with Crippen LogP contribution in [0.4, 0.5) is 5.69 Å². The molecule has 3 heteroatoms. The minimum absolute atomic E-state index is 0.107. The van der Waals surface area contributed by atoms with Gasteiger partial charge in [-0.3, -0.25) is 9.69 Å². The van der Waals surface area contributed by atoms with Gasteiger partial charge >= 0.3 is 0 Å². The van der Waals surface area contributed by atoms with Crippen molar-refractivity contribution in [3.05, 3.63) is 29.8 Å². The Labute approximate surface area is 83.0 Å². The average molecular weight is 191 g/mol. The Kier molecular flexibility index (Phi) is 2.25. The van der Waals surface area contributed by atoms with Crippen molar-refractivity contribution in [1.29, 1.82) is 0 Å². The predicted octanol–water partition coefficient (Wildman–Crippen LogP) is 1.30. The normalized spacial score (nSPS) is 20.4. The third kappa shape index (κ3) is 1.40. The molecule has 1 heterocycles. The van der Waals surface area contributed by atoms with Crippen LogP contribution in [0, 0.1) is 0 Å². The van der Waals surface area contributed by atoms with E-state index in [1.54, 1.807) is 0 Å². The summed E-state index contributed by atoms with van der Waals surface area (Å²) in [6, 6.07) is 7.71. The summed E-state index contributed by atoms with van der Waals surface area (Å²) in [4.78, 5) is 12.8. The Morgan fingerprint density at radius 2 is 2.21 bits per heavy atom. The number of amides is 1. The van der Waals surface area contributed by atoms with Crippen molar-refractivity contribution < 1.29 is 9.90 Å². The lowest BCUT2D eigenvalue weighted by Gasteiger charge is -2.33. The lowest BCUT2D eigenvalue weighted by Crippen LogP contribution is -2.42. The third-order valence-electron chi connectivity index (χ3n) is 2.56. The number of anilines is 1. The van der Waals surface area contributed by atoms with Gasteiger partial charge in [0.05, 0.1) is 0 Å². The summed E-state index contributed by atoms with van der Waals surface area (Å²) in [5.74, 6) is -0.107. The van der Waals surface area contributed by atoms with Gasteiger partial charge in [0, 0.05) is 12.6 Å². The van der Waals surface area contributed by atoms with E-state index in [-0.39, 0.29) is 5.91 Å². The first-order valence-electron chi connectivity index (χ1n) is 4.76. The zero-order valence-electron chi connectivity index (χ0n) is 8.10. The molecule has 0 fully saturated rings. The third-order valence-corrected chi connectivity index (χ3v) is 2.56. The number of nitrogens with zero attached hydrogens (tertiary/aromatic N) is 1. The van der Waals surface area contributed by atoms with Gasteiger partial charge in [-0.25, -0.2) is 0 Å². The van der Waals surface area contributed by atoms with Gasteiger partial charge in [-0.05, 0) is 24.5 Å². The van der Waals surface area contributed by atoms with E-state index in [0.29, 0.717) is 6.42 Å². The minimum Gasteiger partial charge on any atom is -0.373 e. The molecule has 0 aliphatic carbocycles. The van der Waals surface area contributed by atoms with E-state index < -0.39 is 6.23 Å². The van der Waals surface area contributed by atoms with Crippen molar-refractivity contribution in [1.82, 2.24) is 0 Å². The van der Waals surface area contributed by atoms with Gasteiger partial charge in [0.2, 0.25) is 5.91 Å². The topological polar surface area (TPSA) is 40.5 Å². The molecule has 0 radical (unpaired) electrons. The Bertz CT molecular complexity index is 362. The van der Waals surface area contributed by atoms with E-state index in [4.69, 9.17) is 0 Å². The number of aliphatic hydroxyl groups is 1. The fourth-order valence-corrected chi connectivity index (χ4v) is 1.91. The van der Waals surface area contributed by atoms with Gasteiger partial charge < -0.3 is 5.11 Å². The van der Waals surface area contributed by atoms with Gasteiger partial charge in [0.1, 0.15) is 6.23 Å². The first-order valence-corrected chi connectivity index (χ1v) is 4.76. The fraction of sp³-hybridized carbons (Fsp3) is 0.364. The average Bonchev–Trinajstić information content (AvgIpc) is 2.17. The number of fused-ring (bicyclic) bond motifs is 1. The number of hydrogen-bond acceptors (Lipinski definition) is 2. The molecular weight excluding hydrogens is 178 g/mol. The van der Waals surface area contributed by atoms with Gasteiger partial charge in [-0.2, -0.15) is 0 Å². The first kappa shape index (κ1) is 9.21. The molecule has 1 N–H and O–H groups in total. The largest absolute Gasteiger partial charge is 0.373 e. The van der Waals surface area contributed by atoms with Crippen LogP contribution < -0.4 is 4.90 Å². The number of carbonyl (C=O) groups excluding carboxylic acids is 1. The quantitative estimate of drug-likeness (QED) is 0.671. The number of carbonyl (C=O) groups is 1. The molecule has 14 heavy (non-hydrogen) atoms. The number of rotatable bonds is 0. The Hall–Kier alpha value is -1.35. The number of hydrogen-bond donors (Lipinski definition) is 1. The Morgan fingerprint density at radius 3 is 2.93 bits per heavy atom. The van der Waals surface area contributed by atoms with Crippen molar-refractivity contribution in [3.8, 4) is 0 Å². The fourth-order valence-electron chi connectivity index (χ4n) is 1.91. The SMILES string of the molecule is CC(=O)N1c2ccccc2CCC1O. The molecule has 2 rings (SSSR count). The molecule has 0 bridgehead atoms. The summed E-state index contributed by atoms with van der Waals surface area (Å²) in [7, 11) is 0. The summed E-state index contributed by atoms with van der Waals surface area (Å²) in [6.45, 7) is 1.48. The number of aryl methyl sites for hydroxylation is 1. The number of para-hydroxylation sites is 1. The summed E-state index contributed by atoms with van der Waals surface area (Å²) < 4.78 is 0. The van der Waals surface area contributed by atoms with Crippen LogP contribution in [0.5, 0.6) is 0 Å². The van der Waals surface area contributed by atoms with Crippen LogP contribution in [-0.2, 0) is 11.2 Å². The highest BCUT2D eigenvalue weighted by atomic mass is 16.3. The maximum Gasteiger partial charge on any atom is 0.225 e. The van der Waals surface area contributed by atoms with Crippen LogP contribution in [0.1, 0.15) is 18.9 Å². The van der Waals surface area contributed by atoms with Crippen molar-refractivity contribution in [2.75, 3.05) is 4.90 Å². The molecule has 1 aromatic rings. The van der Waals surface area contributed by atoms with Crippen molar-refractivity contribution >= 4 is 11.6 Å². The summed E-state index contributed by atoms with van der Waals surface area (Å²) in [5.41, 5.74) is 1.98. The Balaban J connectivity index is 2.46. The molecular formula is C11H13NO2. The lowest BCUT2D eigenvalue weighted by molar-refractivity contribution is -0.118. The van der Waals surface area contributed by atoms with Crippen LogP contribution in [0.25, 0.3) is 0 Å². The summed E-state index contributed by atoms with van der Waals surface area (Å²) in [6.07, 6.45) is 0.792. The molecule has 1 unspecified atom stereocenters. The van der Waals surface area contributed by atoms with E-state index >= 15 is 0 Å². The van der Waals surface area contributed by atoms with E-state index in [9.17, 15) is 9.90 Å². The van der Waals surface area contributed by atoms with Crippen LogP contribution in [0.15, 0.2) is 24.3 Å². The first-order chi connectivity index (χ1) is 6.70. The van der Waals surface area contributed by atoms with E-state index in [1.807, 2.05) is 24.3 Å². The van der Waals surface area contributed by atoms with Gasteiger partial charge in [0.15, 0.2) is 0 Å². The number of aliphatic hydroxyl groups excluding tert-OH is 1. The molecule has 1 amide bonds. The van der Waals surface area contributed by atoms with Crippen LogP contribution in [0.2, 0.25) is 0 Å². The molecule has 3 nitrogen and oxygen atoms in total. The maximum absolute atomic E-state index is 11.3. The molecule has 1 aliphatic rings. The van der Waals surface area contributed by atoms with Gasteiger partial charge in [-0.1, -0.05) is 18.2 Å². The maximum atomic E-state index is 11.3. The highest BCUT2D eigenvalue weighted by Gasteiger charge is 2.26. The minimum atomic E-state index is -0.664. The van der Waals surface area contributed by atoms with Gasteiger partial charge in [-0.15, -0.1) is 0 Å². The second kappa shape index (κ2) is 3.42.